The molecule has 0 spiro atoms. The third-order valence-corrected chi connectivity index (χ3v) is 3.78. The number of urea groups is 1. The fourth-order valence-corrected chi connectivity index (χ4v) is 2.45. The molecule has 1 saturated heterocycles. The lowest BCUT2D eigenvalue weighted by molar-refractivity contribution is 0.122. The minimum Gasteiger partial charge on any atom is -0.378 e. The van der Waals surface area contributed by atoms with Gasteiger partial charge in [0, 0.05) is 19.6 Å². The van der Waals surface area contributed by atoms with Gasteiger partial charge in [0.2, 0.25) is 0 Å². The maximum atomic E-state index is 12.0. The minimum absolute atomic E-state index is 0.304. The summed E-state index contributed by atoms with van der Waals surface area (Å²) in [4.78, 5) is 18.5. The molecule has 0 atom stereocenters. The van der Waals surface area contributed by atoms with Crippen LogP contribution in [0.5, 0.6) is 0 Å². The van der Waals surface area contributed by atoms with Crippen LogP contribution in [-0.4, -0.2) is 52.1 Å². The van der Waals surface area contributed by atoms with Crippen molar-refractivity contribution in [2.45, 2.75) is 20.0 Å². The van der Waals surface area contributed by atoms with Gasteiger partial charge in [-0.1, -0.05) is 0 Å². The van der Waals surface area contributed by atoms with Gasteiger partial charge >= 0.3 is 6.03 Å². The smallest absolute Gasteiger partial charge is 0.319 e. The number of carbonyl (C=O) groups is 1. The molecular weight excluding hydrogens is 310 g/mol. The van der Waals surface area contributed by atoms with Crippen molar-refractivity contribution in [3.05, 3.63) is 30.5 Å². The highest BCUT2D eigenvalue weighted by Crippen LogP contribution is 2.15. The summed E-state index contributed by atoms with van der Waals surface area (Å²) in [6.07, 6.45) is 3.29. The molecule has 2 aromatic rings. The largest absolute Gasteiger partial charge is 0.378 e. The molecule has 0 unspecified atom stereocenters. The summed E-state index contributed by atoms with van der Waals surface area (Å²) in [5.41, 5.74) is 0.640. The first-order chi connectivity index (χ1) is 11.8. The summed E-state index contributed by atoms with van der Waals surface area (Å²) in [6, 6.07) is 3.43. The molecule has 3 heterocycles. The van der Waals surface area contributed by atoms with Gasteiger partial charge in [0.1, 0.15) is 12.1 Å². The SMILES string of the molecule is CCn1cnnc1CNC(=O)Nc1ccc(N2CCOCC2)nc1. The number of pyridine rings is 1. The molecule has 9 heteroatoms. The summed E-state index contributed by atoms with van der Waals surface area (Å²) < 4.78 is 7.20. The highest BCUT2D eigenvalue weighted by molar-refractivity contribution is 5.89. The number of anilines is 2. The number of aryl methyl sites for hydroxylation is 1. The van der Waals surface area contributed by atoms with Gasteiger partial charge < -0.3 is 24.8 Å². The van der Waals surface area contributed by atoms with E-state index in [4.69, 9.17) is 4.74 Å². The van der Waals surface area contributed by atoms with E-state index < -0.39 is 0 Å². The number of morpholine rings is 1. The Labute approximate surface area is 140 Å². The van der Waals surface area contributed by atoms with Crippen LogP contribution >= 0.6 is 0 Å². The van der Waals surface area contributed by atoms with Crippen molar-refractivity contribution in [2.24, 2.45) is 0 Å². The number of hydrogen-bond donors (Lipinski definition) is 2. The standard InChI is InChI=1S/C15H21N7O2/c1-2-21-11-18-20-14(21)10-17-15(23)19-12-3-4-13(16-9-12)22-5-7-24-8-6-22/h3-4,9,11H,2,5-8,10H2,1H3,(H2,17,19,23). The number of nitrogens with zero attached hydrogens (tertiary/aromatic N) is 5. The predicted octanol–water partition coefficient (Wildman–Crippen LogP) is 0.851. The maximum absolute atomic E-state index is 12.0. The normalized spacial score (nSPS) is 14.5. The fourth-order valence-electron chi connectivity index (χ4n) is 2.45. The third-order valence-electron chi connectivity index (χ3n) is 3.78. The van der Waals surface area contributed by atoms with E-state index in [1.165, 1.54) is 0 Å². The second kappa shape index (κ2) is 7.73. The van der Waals surface area contributed by atoms with Gasteiger partial charge in [-0.3, -0.25) is 0 Å². The topological polar surface area (TPSA) is 97.2 Å². The highest BCUT2D eigenvalue weighted by Gasteiger charge is 2.12. The lowest BCUT2D eigenvalue weighted by Gasteiger charge is -2.27. The molecule has 24 heavy (non-hydrogen) atoms. The fraction of sp³-hybridized carbons (Fsp3) is 0.467. The Morgan fingerprint density at radius 2 is 2.17 bits per heavy atom. The molecule has 2 aromatic heterocycles. The van der Waals surface area contributed by atoms with Gasteiger partial charge in [-0.2, -0.15) is 0 Å². The Morgan fingerprint density at radius 1 is 1.33 bits per heavy atom. The van der Waals surface area contributed by atoms with Crippen LogP contribution in [0, 0.1) is 0 Å². The minimum atomic E-state index is -0.304. The Morgan fingerprint density at radius 3 is 2.88 bits per heavy atom. The Kier molecular flexibility index (Phi) is 5.22. The van der Waals surface area contributed by atoms with Crippen LogP contribution in [0.2, 0.25) is 0 Å². The zero-order valence-electron chi connectivity index (χ0n) is 13.6. The van der Waals surface area contributed by atoms with Crippen molar-refractivity contribution in [1.29, 1.82) is 0 Å². The van der Waals surface area contributed by atoms with Crippen LogP contribution in [0.3, 0.4) is 0 Å². The van der Waals surface area contributed by atoms with Gasteiger partial charge in [0.25, 0.3) is 0 Å². The van der Waals surface area contributed by atoms with Crippen LogP contribution < -0.4 is 15.5 Å². The molecule has 1 fully saturated rings. The van der Waals surface area contributed by atoms with Crippen LogP contribution in [0.15, 0.2) is 24.7 Å². The van der Waals surface area contributed by atoms with E-state index >= 15 is 0 Å². The molecule has 0 radical (unpaired) electrons. The van der Waals surface area contributed by atoms with E-state index in [0.29, 0.717) is 31.3 Å². The van der Waals surface area contributed by atoms with Crippen molar-refractivity contribution in [3.63, 3.8) is 0 Å². The number of hydrogen-bond acceptors (Lipinski definition) is 6. The van der Waals surface area contributed by atoms with Gasteiger partial charge in [-0.15, -0.1) is 10.2 Å². The highest BCUT2D eigenvalue weighted by atomic mass is 16.5. The van der Waals surface area contributed by atoms with Gasteiger partial charge in [-0.05, 0) is 19.1 Å². The molecule has 0 aromatic carbocycles. The van der Waals surface area contributed by atoms with Crippen molar-refractivity contribution >= 4 is 17.5 Å². The van der Waals surface area contributed by atoms with Crippen molar-refractivity contribution in [1.82, 2.24) is 25.1 Å². The van der Waals surface area contributed by atoms with Crippen molar-refractivity contribution in [2.75, 3.05) is 36.5 Å². The summed E-state index contributed by atoms with van der Waals surface area (Å²) >= 11 is 0. The number of rotatable bonds is 5. The molecule has 0 aliphatic carbocycles. The second-order valence-electron chi connectivity index (χ2n) is 5.35. The summed E-state index contributed by atoms with van der Waals surface area (Å²) in [6.45, 7) is 6.17. The molecule has 128 valence electrons. The Balaban J connectivity index is 1.51. The Bertz CT molecular complexity index is 665. The number of aromatic nitrogens is 4. The summed E-state index contributed by atoms with van der Waals surface area (Å²) in [7, 11) is 0. The molecule has 2 N–H and O–H groups in total. The van der Waals surface area contributed by atoms with E-state index in [2.05, 4.69) is 30.7 Å². The number of ether oxygens (including phenoxy) is 1. The van der Waals surface area contributed by atoms with Crippen LogP contribution in [0.4, 0.5) is 16.3 Å². The molecule has 1 aliphatic rings. The molecule has 0 saturated carbocycles. The summed E-state index contributed by atoms with van der Waals surface area (Å²) in [5, 5.41) is 13.3. The zero-order chi connectivity index (χ0) is 16.8. The molecule has 1 aliphatic heterocycles. The van der Waals surface area contributed by atoms with Crippen molar-refractivity contribution < 1.29 is 9.53 Å². The molecule has 2 amide bonds. The van der Waals surface area contributed by atoms with E-state index in [1.807, 2.05) is 23.6 Å². The van der Waals surface area contributed by atoms with Crippen LogP contribution in [0.1, 0.15) is 12.7 Å². The molecular formula is C15H21N7O2. The predicted molar refractivity (Wildman–Crippen MR) is 88.8 cm³/mol. The lowest BCUT2D eigenvalue weighted by atomic mass is 10.3. The van der Waals surface area contributed by atoms with E-state index in [1.54, 1.807) is 12.5 Å². The first kappa shape index (κ1) is 16.2. The molecule has 0 bridgehead atoms. The van der Waals surface area contributed by atoms with E-state index in [9.17, 15) is 4.79 Å². The Hall–Kier alpha value is -2.68. The monoisotopic (exact) mass is 331 g/mol. The zero-order valence-corrected chi connectivity index (χ0v) is 13.6. The first-order valence-electron chi connectivity index (χ1n) is 7.96. The first-order valence-corrected chi connectivity index (χ1v) is 7.96. The summed E-state index contributed by atoms with van der Waals surface area (Å²) in [5.74, 6) is 1.61. The quantitative estimate of drug-likeness (QED) is 0.843. The van der Waals surface area contributed by atoms with Crippen LogP contribution in [0.25, 0.3) is 0 Å². The molecule has 3 rings (SSSR count). The number of nitrogens with one attached hydrogen (secondary N) is 2. The average molecular weight is 331 g/mol. The number of carbonyl (C=O) groups excluding carboxylic acids is 1. The van der Waals surface area contributed by atoms with Gasteiger partial charge in [0.05, 0.1) is 31.6 Å². The average Bonchev–Trinajstić information content (AvgIpc) is 3.09. The van der Waals surface area contributed by atoms with E-state index in [-0.39, 0.29) is 6.03 Å². The van der Waals surface area contributed by atoms with Crippen molar-refractivity contribution in [3.8, 4) is 0 Å². The third kappa shape index (κ3) is 3.99. The second-order valence-corrected chi connectivity index (χ2v) is 5.35. The van der Waals surface area contributed by atoms with Gasteiger partial charge in [0.15, 0.2) is 5.82 Å². The van der Waals surface area contributed by atoms with E-state index in [0.717, 1.165) is 25.5 Å². The molecule has 9 nitrogen and oxygen atoms in total. The lowest BCUT2D eigenvalue weighted by Crippen LogP contribution is -2.36. The van der Waals surface area contributed by atoms with Crippen LogP contribution in [-0.2, 0) is 17.8 Å². The maximum Gasteiger partial charge on any atom is 0.319 e. The number of amides is 2. The van der Waals surface area contributed by atoms with Gasteiger partial charge in [-0.25, -0.2) is 9.78 Å².